The number of para-hydroxylation sites is 1. The third-order valence-corrected chi connectivity index (χ3v) is 2.10. The Bertz CT molecular complexity index is 416. The van der Waals surface area contributed by atoms with Crippen LogP contribution in [0.2, 0.25) is 0 Å². The molecule has 0 aliphatic carbocycles. The topological polar surface area (TPSA) is 36.3 Å². The van der Waals surface area contributed by atoms with Crippen LogP contribution >= 0.6 is 0 Å². The quantitative estimate of drug-likeness (QED) is 0.766. The van der Waals surface area contributed by atoms with Gasteiger partial charge in [0.25, 0.3) is 0 Å². The second-order valence-electron chi connectivity index (χ2n) is 2.96. The molecule has 1 aromatic heterocycles. The summed E-state index contributed by atoms with van der Waals surface area (Å²) in [7, 11) is 3.19. The summed E-state index contributed by atoms with van der Waals surface area (Å²) < 4.78 is 12.2. The molecule has 1 aromatic carbocycles. The highest BCUT2D eigenvalue weighted by molar-refractivity contribution is 5.39. The van der Waals surface area contributed by atoms with Crippen LogP contribution in [0.4, 0.5) is 0 Å². The van der Waals surface area contributed by atoms with E-state index in [4.69, 9.17) is 9.47 Å². The predicted molar refractivity (Wildman–Crippen MR) is 56.7 cm³/mol. The van der Waals surface area contributed by atoms with E-state index in [2.05, 4.69) is 4.98 Å². The summed E-state index contributed by atoms with van der Waals surface area (Å²) in [5, 5.41) is 0. The monoisotopic (exact) mass is 204 g/mol. The summed E-state index contributed by atoms with van der Waals surface area (Å²) in [6.45, 7) is 0. The van der Waals surface area contributed by atoms with Crippen molar-refractivity contribution in [3.8, 4) is 17.6 Å². The molecule has 15 heavy (non-hydrogen) atoms. The van der Waals surface area contributed by atoms with Crippen molar-refractivity contribution in [2.75, 3.05) is 14.2 Å². The van der Waals surface area contributed by atoms with Crippen LogP contribution in [0.15, 0.2) is 36.5 Å². The number of nitrogens with zero attached hydrogens (tertiary/aromatic N) is 2. The molecule has 78 valence electrons. The third-order valence-electron chi connectivity index (χ3n) is 2.10. The maximum atomic E-state index is 5.20. The van der Waals surface area contributed by atoms with Gasteiger partial charge in [0.1, 0.15) is 0 Å². The summed E-state index contributed by atoms with van der Waals surface area (Å²) >= 11 is 0. The molecule has 4 heteroatoms. The average molecular weight is 204 g/mol. The summed E-state index contributed by atoms with van der Waals surface area (Å²) in [5.74, 6) is 0.651. The van der Waals surface area contributed by atoms with Gasteiger partial charge in [-0.3, -0.25) is 0 Å². The largest absolute Gasteiger partial charge is 0.481 e. The molecule has 1 heterocycles. The molecule has 0 spiro atoms. The number of hydrogen-bond acceptors (Lipinski definition) is 3. The number of imidazole rings is 1. The average Bonchev–Trinajstić information content (AvgIpc) is 2.72. The lowest BCUT2D eigenvalue weighted by atomic mass is 10.3. The Morgan fingerprint density at radius 3 is 2.40 bits per heavy atom. The summed E-state index contributed by atoms with van der Waals surface area (Å²) in [4.78, 5) is 4.10. The van der Waals surface area contributed by atoms with Crippen molar-refractivity contribution >= 4 is 0 Å². The standard InChI is InChI=1S/C11H12N2O2/c1-14-10-8-12-11(15-2)13(10)9-6-4-3-5-7-9/h3-8H,1-2H3. The first-order valence-electron chi connectivity index (χ1n) is 4.58. The Kier molecular flexibility index (Phi) is 2.58. The summed E-state index contributed by atoms with van der Waals surface area (Å²) in [6, 6.07) is 10.3. The second kappa shape index (κ2) is 4.04. The van der Waals surface area contributed by atoms with Gasteiger partial charge >= 0.3 is 6.01 Å². The minimum absolute atomic E-state index is 0.512. The lowest BCUT2D eigenvalue weighted by Gasteiger charge is -2.08. The highest BCUT2D eigenvalue weighted by Crippen LogP contribution is 2.24. The first-order chi connectivity index (χ1) is 7.36. The molecule has 0 unspecified atom stereocenters. The van der Waals surface area contributed by atoms with E-state index < -0.39 is 0 Å². The predicted octanol–water partition coefficient (Wildman–Crippen LogP) is 1.89. The van der Waals surface area contributed by atoms with Gasteiger partial charge in [0.2, 0.25) is 5.88 Å². The number of rotatable bonds is 3. The van der Waals surface area contributed by atoms with Crippen LogP contribution in [0.3, 0.4) is 0 Å². The second-order valence-corrected chi connectivity index (χ2v) is 2.96. The van der Waals surface area contributed by atoms with Gasteiger partial charge in [0.15, 0.2) is 0 Å². The molecular formula is C11H12N2O2. The minimum atomic E-state index is 0.512. The number of hydrogen-bond donors (Lipinski definition) is 0. The molecule has 2 rings (SSSR count). The van der Waals surface area contributed by atoms with Gasteiger partial charge < -0.3 is 9.47 Å². The van der Waals surface area contributed by atoms with Gasteiger partial charge in [-0.15, -0.1) is 0 Å². The highest BCUT2D eigenvalue weighted by Gasteiger charge is 2.11. The molecule has 4 nitrogen and oxygen atoms in total. The zero-order valence-corrected chi connectivity index (χ0v) is 8.68. The normalized spacial score (nSPS) is 10.0. The Labute approximate surface area is 88.1 Å². The van der Waals surface area contributed by atoms with Crippen molar-refractivity contribution in [2.24, 2.45) is 0 Å². The minimum Gasteiger partial charge on any atom is -0.481 e. The van der Waals surface area contributed by atoms with Crippen molar-refractivity contribution < 1.29 is 9.47 Å². The SMILES string of the molecule is COc1cnc(OC)n1-c1ccccc1. The highest BCUT2D eigenvalue weighted by atomic mass is 16.5. The maximum absolute atomic E-state index is 5.20. The van der Waals surface area contributed by atoms with E-state index in [1.807, 2.05) is 30.3 Å². The van der Waals surface area contributed by atoms with Crippen LogP contribution in [0.25, 0.3) is 5.69 Å². The van der Waals surface area contributed by atoms with Crippen molar-refractivity contribution in [3.05, 3.63) is 36.5 Å². The van der Waals surface area contributed by atoms with Gasteiger partial charge in [-0.05, 0) is 12.1 Å². The number of methoxy groups -OCH3 is 2. The molecule has 2 aromatic rings. The van der Waals surface area contributed by atoms with E-state index >= 15 is 0 Å². The number of ether oxygens (including phenoxy) is 2. The molecular weight excluding hydrogens is 192 g/mol. The van der Waals surface area contributed by atoms with E-state index in [9.17, 15) is 0 Å². The van der Waals surface area contributed by atoms with Gasteiger partial charge in [0, 0.05) is 0 Å². The van der Waals surface area contributed by atoms with Gasteiger partial charge in [-0.2, -0.15) is 4.98 Å². The fourth-order valence-electron chi connectivity index (χ4n) is 1.42. The molecule has 0 saturated heterocycles. The third kappa shape index (κ3) is 1.66. The summed E-state index contributed by atoms with van der Waals surface area (Å²) in [5.41, 5.74) is 0.962. The Morgan fingerprint density at radius 2 is 1.80 bits per heavy atom. The van der Waals surface area contributed by atoms with E-state index in [1.54, 1.807) is 25.0 Å². The van der Waals surface area contributed by atoms with E-state index in [0.717, 1.165) is 5.69 Å². The number of aromatic nitrogens is 2. The van der Waals surface area contributed by atoms with Crippen LogP contribution in [0.5, 0.6) is 11.9 Å². The number of benzene rings is 1. The van der Waals surface area contributed by atoms with Crippen LogP contribution in [-0.2, 0) is 0 Å². The van der Waals surface area contributed by atoms with Gasteiger partial charge in [-0.1, -0.05) is 18.2 Å². The van der Waals surface area contributed by atoms with Crippen molar-refractivity contribution in [3.63, 3.8) is 0 Å². The molecule has 0 fully saturated rings. The zero-order valence-electron chi connectivity index (χ0n) is 8.68. The Hall–Kier alpha value is -1.97. The Morgan fingerprint density at radius 1 is 1.07 bits per heavy atom. The molecule has 0 aliphatic heterocycles. The molecule has 0 bridgehead atoms. The van der Waals surface area contributed by atoms with E-state index in [-0.39, 0.29) is 0 Å². The maximum Gasteiger partial charge on any atom is 0.303 e. The van der Waals surface area contributed by atoms with E-state index in [0.29, 0.717) is 11.9 Å². The van der Waals surface area contributed by atoms with Gasteiger partial charge in [-0.25, -0.2) is 4.57 Å². The molecule has 0 aliphatic rings. The van der Waals surface area contributed by atoms with E-state index in [1.165, 1.54) is 0 Å². The fraction of sp³-hybridized carbons (Fsp3) is 0.182. The Balaban J connectivity index is 2.55. The van der Waals surface area contributed by atoms with Crippen molar-refractivity contribution in [2.45, 2.75) is 0 Å². The van der Waals surface area contributed by atoms with Gasteiger partial charge in [0.05, 0.1) is 26.1 Å². The first kappa shape index (κ1) is 9.58. The lowest BCUT2D eigenvalue weighted by molar-refractivity contribution is 0.350. The lowest BCUT2D eigenvalue weighted by Crippen LogP contribution is -2.00. The fourth-order valence-corrected chi connectivity index (χ4v) is 1.42. The molecule has 0 amide bonds. The molecule has 0 N–H and O–H groups in total. The van der Waals surface area contributed by atoms with Crippen molar-refractivity contribution in [1.82, 2.24) is 9.55 Å². The van der Waals surface area contributed by atoms with Crippen molar-refractivity contribution in [1.29, 1.82) is 0 Å². The molecule has 0 saturated carbocycles. The first-order valence-corrected chi connectivity index (χ1v) is 4.58. The molecule has 0 radical (unpaired) electrons. The molecule has 0 atom stereocenters. The van der Waals surface area contributed by atoms with Crippen LogP contribution in [0, 0.1) is 0 Å². The van der Waals surface area contributed by atoms with Crippen LogP contribution in [-0.4, -0.2) is 23.8 Å². The summed E-state index contributed by atoms with van der Waals surface area (Å²) in [6.07, 6.45) is 1.63. The zero-order chi connectivity index (χ0) is 10.7. The smallest absolute Gasteiger partial charge is 0.303 e. The van der Waals surface area contributed by atoms with Crippen LogP contribution in [0.1, 0.15) is 0 Å². The van der Waals surface area contributed by atoms with Crippen LogP contribution < -0.4 is 9.47 Å².